The second-order valence-corrected chi connectivity index (χ2v) is 9.66. The molecule has 1 amide bonds. The maximum absolute atomic E-state index is 12.9. The number of anilines is 1. The standard InChI is InChI=1S/C19H26N4O4S2/c1-13-18(28-19(21-13)22-14(2)24)15-6-7-16(27-3)17(12-15)29(25,26)20-8-11-23-9-4-5-10-23/h6-7,12,20H,4-5,8-11H2,1-3H3,(H,21,22,24). The van der Waals surface area contributed by atoms with Gasteiger partial charge in [-0.2, -0.15) is 0 Å². The maximum Gasteiger partial charge on any atom is 0.244 e. The number of amides is 1. The number of sulfonamides is 1. The second kappa shape index (κ2) is 9.21. The number of hydrogen-bond acceptors (Lipinski definition) is 7. The van der Waals surface area contributed by atoms with Crippen LogP contribution in [0.2, 0.25) is 0 Å². The van der Waals surface area contributed by atoms with Gasteiger partial charge >= 0.3 is 0 Å². The van der Waals surface area contributed by atoms with Crippen LogP contribution in [0.1, 0.15) is 25.5 Å². The zero-order valence-electron chi connectivity index (χ0n) is 16.8. The molecule has 0 atom stereocenters. The quantitative estimate of drug-likeness (QED) is 0.657. The molecule has 1 aliphatic rings. The molecule has 1 fully saturated rings. The van der Waals surface area contributed by atoms with Crippen molar-refractivity contribution in [3.8, 4) is 16.2 Å². The van der Waals surface area contributed by atoms with Gasteiger partial charge in [-0.25, -0.2) is 18.1 Å². The topological polar surface area (TPSA) is 101 Å². The molecule has 8 nitrogen and oxygen atoms in total. The van der Waals surface area contributed by atoms with Gasteiger partial charge in [-0.3, -0.25) is 4.79 Å². The third-order valence-corrected chi connectivity index (χ3v) is 7.32. The Morgan fingerprint density at radius 3 is 2.69 bits per heavy atom. The van der Waals surface area contributed by atoms with Crippen LogP contribution in [-0.2, 0) is 14.8 Å². The number of rotatable bonds is 8. The van der Waals surface area contributed by atoms with Gasteiger partial charge in [-0.05, 0) is 56.6 Å². The molecule has 0 radical (unpaired) electrons. The fraction of sp³-hybridized carbons (Fsp3) is 0.474. The SMILES string of the molecule is COc1ccc(-c2sc(NC(C)=O)nc2C)cc1S(=O)(=O)NCCN1CCCC1. The summed E-state index contributed by atoms with van der Waals surface area (Å²) in [6.07, 6.45) is 2.33. The van der Waals surface area contributed by atoms with Crippen molar-refractivity contribution in [1.29, 1.82) is 0 Å². The van der Waals surface area contributed by atoms with Gasteiger partial charge in [0, 0.05) is 20.0 Å². The van der Waals surface area contributed by atoms with Gasteiger partial charge in [-0.1, -0.05) is 11.3 Å². The maximum atomic E-state index is 12.9. The predicted octanol–water partition coefficient (Wildman–Crippen LogP) is 2.46. The number of aromatic nitrogens is 1. The highest BCUT2D eigenvalue weighted by molar-refractivity contribution is 7.89. The lowest BCUT2D eigenvalue weighted by Crippen LogP contribution is -2.33. The minimum Gasteiger partial charge on any atom is -0.495 e. The van der Waals surface area contributed by atoms with Crippen molar-refractivity contribution in [2.75, 3.05) is 38.6 Å². The van der Waals surface area contributed by atoms with E-state index in [1.807, 2.05) is 6.92 Å². The number of aryl methyl sites for hydroxylation is 1. The van der Waals surface area contributed by atoms with Gasteiger partial charge < -0.3 is 15.0 Å². The normalized spacial score (nSPS) is 14.9. The van der Waals surface area contributed by atoms with Gasteiger partial charge in [0.1, 0.15) is 10.6 Å². The number of likely N-dealkylation sites (tertiary alicyclic amines) is 1. The molecule has 3 rings (SSSR count). The van der Waals surface area contributed by atoms with Crippen molar-refractivity contribution < 1.29 is 17.9 Å². The highest BCUT2D eigenvalue weighted by atomic mass is 32.2. The molecule has 0 spiro atoms. The summed E-state index contributed by atoms with van der Waals surface area (Å²) in [5.74, 6) is 0.0807. The molecule has 0 saturated carbocycles. The zero-order chi connectivity index (χ0) is 21.0. The number of carbonyl (C=O) groups is 1. The van der Waals surface area contributed by atoms with Gasteiger partial charge in [-0.15, -0.1) is 0 Å². The molecule has 0 unspecified atom stereocenters. The highest BCUT2D eigenvalue weighted by Crippen LogP contribution is 2.36. The van der Waals surface area contributed by atoms with E-state index in [2.05, 4.69) is 19.9 Å². The van der Waals surface area contributed by atoms with Crippen molar-refractivity contribution in [2.45, 2.75) is 31.6 Å². The summed E-state index contributed by atoms with van der Waals surface area (Å²) in [6, 6.07) is 5.02. The first-order chi connectivity index (χ1) is 13.8. The monoisotopic (exact) mass is 438 g/mol. The number of ether oxygens (including phenoxy) is 1. The van der Waals surface area contributed by atoms with Gasteiger partial charge in [0.25, 0.3) is 0 Å². The molecular weight excluding hydrogens is 412 g/mol. The number of hydrogen-bond donors (Lipinski definition) is 2. The van der Waals surface area contributed by atoms with Gasteiger partial charge in [0.2, 0.25) is 15.9 Å². The molecular formula is C19H26N4O4S2. The summed E-state index contributed by atoms with van der Waals surface area (Å²) in [5.41, 5.74) is 1.42. The van der Waals surface area contributed by atoms with Crippen LogP contribution in [0.4, 0.5) is 5.13 Å². The first-order valence-electron chi connectivity index (χ1n) is 9.45. The molecule has 1 aromatic heterocycles. The van der Waals surface area contributed by atoms with Gasteiger partial charge in [0.15, 0.2) is 5.13 Å². The van der Waals surface area contributed by atoms with E-state index in [1.54, 1.807) is 18.2 Å². The molecule has 158 valence electrons. The van der Waals surface area contributed by atoms with Crippen molar-refractivity contribution in [1.82, 2.24) is 14.6 Å². The van der Waals surface area contributed by atoms with E-state index in [1.165, 1.54) is 25.4 Å². The molecule has 1 aromatic carbocycles. The van der Waals surface area contributed by atoms with Crippen LogP contribution in [0.5, 0.6) is 5.75 Å². The first kappa shape index (κ1) is 21.7. The third kappa shape index (κ3) is 5.33. The van der Waals surface area contributed by atoms with E-state index >= 15 is 0 Å². The first-order valence-corrected chi connectivity index (χ1v) is 11.8. The lowest BCUT2D eigenvalue weighted by molar-refractivity contribution is -0.114. The van der Waals surface area contributed by atoms with Crippen molar-refractivity contribution >= 4 is 32.4 Å². The highest BCUT2D eigenvalue weighted by Gasteiger charge is 2.22. The smallest absolute Gasteiger partial charge is 0.244 e. The second-order valence-electron chi connectivity index (χ2n) is 6.93. The van der Waals surface area contributed by atoms with Crippen LogP contribution in [-0.4, -0.2) is 57.5 Å². The molecule has 10 heteroatoms. The van der Waals surface area contributed by atoms with E-state index in [9.17, 15) is 13.2 Å². The third-order valence-electron chi connectivity index (χ3n) is 4.71. The average molecular weight is 439 g/mol. The minimum atomic E-state index is -3.74. The molecule has 2 aromatic rings. The molecule has 1 saturated heterocycles. The van der Waals surface area contributed by atoms with E-state index in [0.29, 0.717) is 29.5 Å². The number of nitrogens with zero attached hydrogens (tertiary/aromatic N) is 2. The largest absolute Gasteiger partial charge is 0.495 e. The van der Waals surface area contributed by atoms with Crippen LogP contribution in [0.25, 0.3) is 10.4 Å². The molecule has 2 heterocycles. The van der Waals surface area contributed by atoms with Crippen molar-refractivity contribution in [2.24, 2.45) is 0 Å². The van der Waals surface area contributed by atoms with E-state index in [-0.39, 0.29) is 16.6 Å². The summed E-state index contributed by atoms with van der Waals surface area (Å²) in [6.45, 7) is 6.31. The Kier molecular flexibility index (Phi) is 6.89. The fourth-order valence-corrected chi connectivity index (χ4v) is 5.54. The average Bonchev–Trinajstić information content (AvgIpc) is 3.30. The molecule has 2 N–H and O–H groups in total. The Balaban J connectivity index is 1.84. The number of methoxy groups -OCH3 is 1. The van der Waals surface area contributed by atoms with E-state index < -0.39 is 10.0 Å². The lowest BCUT2D eigenvalue weighted by Gasteiger charge is -2.16. The van der Waals surface area contributed by atoms with Crippen molar-refractivity contribution in [3.63, 3.8) is 0 Å². The van der Waals surface area contributed by atoms with Crippen LogP contribution in [0.3, 0.4) is 0 Å². The van der Waals surface area contributed by atoms with E-state index in [4.69, 9.17) is 4.74 Å². The summed E-state index contributed by atoms with van der Waals surface area (Å²) in [5, 5.41) is 3.15. The van der Waals surface area contributed by atoms with Crippen LogP contribution in [0, 0.1) is 6.92 Å². The molecule has 0 aliphatic carbocycles. The fourth-order valence-electron chi connectivity index (χ4n) is 3.32. The van der Waals surface area contributed by atoms with Crippen LogP contribution in [0.15, 0.2) is 23.1 Å². The molecule has 0 bridgehead atoms. The summed E-state index contributed by atoms with van der Waals surface area (Å²) < 4.78 is 33.8. The summed E-state index contributed by atoms with van der Waals surface area (Å²) in [4.78, 5) is 18.8. The zero-order valence-corrected chi connectivity index (χ0v) is 18.5. The lowest BCUT2D eigenvalue weighted by atomic mass is 10.1. The number of thiazole rings is 1. The molecule has 29 heavy (non-hydrogen) atoms. The van der Waals surface area contributed by atoms with E-state index in [0.717, 1.165) is 30.8 Å². The van der Waals surface area contributed by atoms with Crippen LogP contribution < -0.4 is 14.8 Å². The number of carbonyl (C=O) groups excluding carboxylic acids is 1. The Hall–Kier alpha value is -2.01. The van der Waals surface area contributed by atoms with Crippen molar-refractivity contribution in [3.05, 3.63) is 23.9 Å². The Morgan fingerprint density at radius 2 is 2.03 bits per heavy atom. The Labute approximate surface area is 175 Å². The van der Waals surface area contributed by atoms with Gasteiger partial charge in [0.05, 0.1) is 17.7 Å². The number of benzene rings is 1. The Bertz CT molecular complexity index is 982. The summed E-state index contributed by atoms with van der Waals surface area (Å²) in [7, 11) is -2.29. The molecule has 1 aliphatic heterocycles. The predicted molar refractivity (Wildman–Crippen MR) is 114 cm³/mol. The Morgan fingerprint density at radius 1 is 1.31 bits per heavy atom. The van der Waals surface area contributed by atoms with Crippen LogP contribution >= 0.6 is 11.3 Å². The summed E-state index contributed by atoms with van der Waals surface area (Å²) >= 11 is 1.30. The minimum absolute atomic E-state index is 0.0906. The number of nitrogens with one attached hydrogen (secondary N) is 2.